The summed E-state index contributed by atoms with van der Waals surface area (Å²) in [6, 6.07) is 5.50. The van der Waals surface area contributed by atoms with Gasteiger partial charge in [0.05, 0.1) is 18.8 Å². The predicted octanol–water partition coefficient (Wildman–Crippen LogP) is 6.67. The maximum atomic E-state index is 12.1. The SMILES string of the molecule is CCCCCCCCCCCCCCCNC(=O)OC1COC(C)(COC(=O)NCc2ccccn2)C1. The fraction of sp³-hybridized carbons (Fsp3) is 0.759. The lowest BCUT2D eigenvalue weighted by Crippen LogP contribution is -2.35. The minimum atomic E-state index is -0.678. The molecular weight excluding hydrogens is 470 g/mol. The first-order chi connectivity index (χ1) is 18.0. The Labute approximate surface area is 223 Å². The fourth-order valence-electron chi connectivity index (χ4n) is 4.53. The molecule has 1 fully saturated rings. The van der Waals surface area contributed by atoms with Crippen molar-refractivity contribution < 1.29 is 23.8 Å². The van der Waals surface area contributed by atoms with Gasteiger partial charge in [0.2, 0.25) is 0 Å². The lowest BCUT2D eigenvalue weighted by Gasteiger charge is -2.22. The second-order valence-corrected chi connectivity index (χ2v) is 10.4. The molecule has 2 amide bonds. The first-order valence-electron chi connectivity index (χ1n) is 14.4. The van der Waals surface area contributed by atoms with E-state index in [1.54, 1.807) is 6.20 Å². The van der Waals surface area contributed by atoms with Gasteiger partial charge in [-0.25, -0.2) is 9.59 Å². The number of nitrogens with one attached hydrogen (secondary N) is 2. The second-order valence-electron chi connectivity index (χ2n) is 10.4. The third kappa shape index (κ3) is 14.8. The van der Waals surface area contributed by atoms with Crippen LogP contribution in [0, 0.1) is 0 Å². The lowest BCUT2D eigenvalue weighted by molar-refractivity contribution is -0.0310. The Bertz CT molecular complexity index is 748. The number of rotatable bonds is 19. The summed E-state index contributed by atoms with van der Waals surface area (Å²) in [4.78, 5) is 28.2. The maximum absolute atomic E-state index is 12.1. The van der Waals surface area contributed by atoms with E-state index in [0.717, 1.165) is 18.5 Å². The fourth-order valence-corrected chi connectivity index (χ4v) is 4.53. The van der Waals surface area contributed by atoms with Crippen molar-refractivity contribution in [2.75, 3.05) is 19.8 Å². The largest absolute Gasteiger partial charge is 0.446 e. The average Bonchev–Trinajstić information content (AvgIpc) is 3.27. The first-order valence-corrected chi connectivity index (χ1v) is 14.4. The highest BCUT2D eigenvalue weighted by Crippen LogP contribution is 2.27. The third-order valence-electron chi connectivity index (χ3n) is 6.75. The molecule has 0 aliphatic carbocycles. The van der Waals surface area contributed by atoms with E-state index >= 15 is 0 Å². The molecule has 1 aromatic rings. The molecule has 210 valence electrons. The summed E-state index contributed by atoms with van der Waals surface area (Å²) in [6.45, 7) is 5.42. The van der Waals surface area contributed by atoms with Gasteiger partial charge < -0.3 is 24.8 Å². The van der Waals surface area contributed by atoms with Gasteiger partial charge in [0.25, 0.3) is 0 Å². The monoisotopic (exact) mass is 519 g/mol. The average molecular weight is 520 g/mol. The number of carbonyl (C=O) groups is 2. The number of ether oxygens (including phenoxy) is 3. The van der Waals surface area contributed by atoms with Crippen molar-refractivity contribution in [3.63, 3.8) is 0 Å². The van der Waals surface area contributed by atoms with E-state index in [9.17, 15) is 9.59 Å². The van der Waals surface area contributed by atoms with Crippen LogP contribution in [-0.4, -0.2) is 48.6 Å². The normalized spacial score (nSPS) is 18.9. The summed E-state index contributed by atoms with van der Waals surface area (Å²) in [7, 11) is 0. The Kier molecular flexibility index (Phi) is 15.7. The van der Waals surface area contributed by atoms with Crippen molar-refractivity contribution in [1.82, 2.24) is 15.6 Å². The molecule has 1 saturated heterocycles. The summed E-state index contributed by atoms with van der Waals surface area (Å²) < 4.78 is 16.6. The van der Waals surface area contributed by atoms with Crippen LogP contribution in [0.15, 0.2) is 24.4 Å². The smallest absolute Gasteiger partial charge is 0.407 e. The zero-order valence-electron chi connectivity index (χ0n) is 23.1. The Balaban J connectivity index is 1.42. The minimum Gasteiger partial charge on any atom is -0.446 e. The van der Waals surface area contributed by atoms with Crippen LogP contribution in [-0.2, 0) is 20.8 Å². The van der Waals surface area contributed by atoms with Gasteiger partial charge in [-0.2, -0.15) is 0 Å². The molecule has 0 radical (unpaired) electrons. The number of unbranched alkanes of at least 4 members (excludes halogenated alkanes) is 12. The van der Waals surface area contributed by atoms with Crippen molar-refractivity contribution >= 4 is 12.2 Å². The molecule has 1 aromatic heterocycles. The molecule has 37 heavy (non-hydrogen) atoms. The van der Waals surface area contributed by atoms with Crippen LogP contribution in [0.2, 0.25) is 0 Å². The molecule has 1 aliphatic rings. The number of alkyl carbamates (subject to hydrolysis) is 2. The van der Waals surface area contributed by atoms with E-state index < -0.39 is 17.8 Å². The van der Waals surface area contributed by atoms with Crippen molar-refractivity contribution in [2.45, 2.75) is 122 Å². The van der Waals surface area contributed by atoms with Crippen LogP contribution in [0.5, 0.6) is 0 Å². The molecule has 2 atom stereocenters. The molecule has 2 heterocycles. The number of aromatic nitrogens is 1. The zero-order valence-corrected chi connectivity index (χ0v) is 23.1. The summed E-state index contributed by atoms with van der Waals surface area (Å²) in [5.74, 6) is 0. The topological polar surface area (TPSA) is 98.8 Å². The van der Waals surface area contributed by atoms with Gasteiger partial charge in [-0.15, -0.1) is 0 Å². The van der Waals surface area contributed by atoms with Crippen LogP contribution in [0.1, 0.15) is 109 Å². The van der Waals surface area contributed by atoms with Crippen LogP contribution in [0.3, 0.4) is 0 Å². The standard InChI is InChI=1S/C29H49N3O5/c1-3-4-5-6-7-8-9-10-11-12-13-14-16-20-31-28(34)37-26-21-29(2,36-23-26)24-35-27(33)32-22-25-18-15-17-19-30-25/h15,17-19,26H,3-14,16,20-24H2,1-2H3,(H,31,34)(H,32,33). The van der Waals surface area contributed by atoms with E-state index in [-0.39, 0.29) is 12.7 Å². The highest BCUT2D eigenvalue weighted by Gasteiger charge is 2.39. The molecule has 2 N–H and O–H groups in total. The first kappa shape index (κ1) is 30.9. The lowest BCUT2D eigenvalue weighted by atomic mass is 10.0. The van der Waals surface area contributed by atoms with E-state index in [0.29, 0.717) is 26.1 Å². The summed E-state index contributed by atoms with van der Waals surface area (Å²) in [6.07, 6.45) is 17.8. The Morgan fingerprint density at radius 1 is 0.946 bits per heavy atom. The van der Waals surface area contributed by atoms with Crippen LogP contribution < -0.4 is 10.6 Å². The van der Waals surface area contributed by atoms with E-state index in [1.165, 1.54) is 70.6 Å². The molecule has 8 nitrogen and oxygen atoms in total. The number of hydrogen-bond donors (Lipinski definition) is 2. The maximum Gasteiger partial charge on any atom is 0.407 e. The highest BCUT2D eigenvalue weighted by atomic mass is 16.6. The highest BCUT2D eigenvalue weighted by molar-refractivity contribution is 5.67. The summed E-state index contributed by atoms with van der Waals surface area (Å²) in [5, 5.41) is 5.51. The Morgan fingerprint density at radius 3 is 2.22 bits per heavy atom. The molecular formula is C29H49N3O5. The predicted molar refractivity (Wildman–Crippen MR) is 145 cm³/mol. The van der Waals surface area contributed by atoms with Crippen molar-refractivity contribution in [2.24, 2.45) is 0 Å². The number of pyridine rings is 1. The Hall–Kier alpha value is -2.35. The van der Waals surface area contributed by atoms with Gasteiger partial charge in [0.15, 0.2) is 0 Å². The molecule has 0 bridgehead atoms. The molecule has 2 rings (SSSR count). The molecule has 0 spiro atoms. The van der Waals surface area contributed by atoms with Crippen LogP contribution >= 0.6 is 0 Å². The Morgan fingerprint density at radius 2 is 1.59 bits per heavy atom. The van der Waals surface area contributed by atoms with Crippen molar-refractivity contribution in [3.05, 3.63) is 30.1 Å². The molecule has 1 aliphatic heterocycles. The van der Waals surface area contributed by atoms with Crippen LogP contribution in [0.4, 0.5) is 9.59 Å². The quantitative estimate of drug-likeness (QED) is 0.198. The summed E-state index contributed by atoms with van der Waals surface area (Å²) in [5.41, 5.74) is 0.0727. The van der Waals surface area contributed by atoms with E-state index in [2.05, 4.69) is 22.5 Å². The number of nitrogens with zero attached hydrogens (tertiary/aromatic N) is 1. The number of hydrogen-bond acceptors (Lipinski definition) is 6. The van der Waals surface area contributed by atoms with Crippen molar-refractivity contribution in [3.8, 4) is 0 Å². The van der Waals surface area contributed by atoms with Gasteiger partial charge in [0.1, 0.15) is 18.3 Å². The van der Waals surface area contributed by atoms with Gasteiger partial charge in [-0.3, -0.25) is 4.98 Å². The molecule has 8 heteroatoms. The molecule has 0 saturated carbocycles. The van der Waals surface area contributed by atoms with Crippen LogP contribution in [0.25, 0.3) is 0 Å². The second kappa shape index (κ2) is 18.8. The van der Waals surface area contributed by atoms with Gasteiger partial charge in [-0.05, 0) is 25.5 Å². The third-order valence-corrected chi connectivity index (χ3v) is 6.75. The minimum absolute atomic E-state index is 0.0848. The number of carbonyl (C=O) groups excluding carboxylic acids is 2. The molecule has 0 aromatic carbocycles. The van der Waals surface area contributed by atoms with Gasteiger partial charge >= 0.3 is 12.2 Å². The van der Waals surface area contributed by atoms with Gasteiger partial charge in [0, 0.05) is 19.2 Å². The summed E-state index contributed by atoms with van der Waals surface area (Å²) >= 11 is 0. The molecule has 2 unspecified atom stereocenters. The van der Waals surface area contributed by atoms with Crippen molar-refractivity contribution in [1.29, 1.82) is 0 Å². The zero-order chi connectivity index (χ0) is 26.6. The van der Waals surface area contributed by atoms with E-state index in [4.69, 9.17) is 14.2 Å². The number of amides is 2. The van der Waals surface area contributed by atoms with E-state index in [1.807, 2.05) is 25.1 Å². The van der Waals surface area contributed by atoms with Gasteiger partial charge in [-0.1, -0.05) is 90.0 Å².